The third-order valence-electron chi connectivity index (χ3n) is 1.82. The van der Waals surface area contributed by atoms with Crippen LogP contribution in [0.5, 0.6) is 0 Å². The van der Waals surface area contributed by atoms with Gasteiger partial charge in [-0.3, -0.25) is 0 Å². The van der Waals surface area contributed by atoms with Gasteiger partial charge in [0.2, 0.25) is 0 Å². The van der Waals surface area contributed by atoms with Gasteiger partial charge in [0, 0.05) is 12.4 Å². The number of hydrogen-bond acceptors (Lipinski definition) is 4. The zero-order valence-electron chi connectivity index (χ0n) is 8.09. The van der Waals surface area contributed by atoms with Crippen molar-refractivity contribution in [3.8, 4) is 6.07 Å². The number of hydrogen-bond donors (Lipinski definition) is 0. The van der Waals surface area contributed by atoms with Gasteiger partial charge in [-0.05, 0) is 30.0 Å². The zero-order valence-corrected chi connectivity index (χ0v) is 9.66. The molecule has 3 nitrogen and oxygen atoms in total. The summed E-state index contributed by atoms with van der Waals surface area (Å²) < 4.78 is 0. The van der Waals surface area contributed by atoms with Gasteiger partial charge in [-0.15, -0.1) is 0 Å². The predicted molar refractivity (Wildman–Crippen MR) is 62.3 cm³/mol. The minimum absolute atomic E-state index is 0.376. The lowest BCUT2D eigenvalue weighted by molar-refractivity contribution is 1.09. The Hall–Kier alpha value is -1.57. The minimum Gasteiger partial charge on any atom is -0.250 e. The number of aromatic nitrogens is 2. The smallest absolute Gasteiger partial charge is 0.122 e. The third-order valence-corrected chi connectivity index (χ3v) is 3.26. The van der Waals surface area contributed by atoms with Crippen LogP contribution in [0.1, 0.15) is 5.56 Å². The monoisotopic (exact) mass is 247 g/mol. The average Bonchev–Trinajstić information content (AvgIpc) is 2.33. The van der Waals surface area contributed by atoms with Crippen LogP contribution in [0.25, 0.3) is 0 Å². The molecule has 0 aliphatic rings. The van der Waals surface area contributed by atoms with Gasteiger partial charge in [-0.25, -0.2) is 9.97 Å². The quantitative estimate of drug-likeness (QED) is 0.818. The van der Waals surface area contributed by atoms with Crippen molar-refractivity contribution in [2.75, 3.05) is 0 Å². The predicted octanol–water partition coefficient (Wildman–Crippen LogP) is 3.15. The third kappa shape index (κ3) is 2.32. The number of nitrogens with zero attached hydrogens (tertiary/aromatic N) is 3. The van der Waals surface area contributed by atoms with Crippen LogP contribution >= 0.6 is 23.4 Å². The number of rotatable bonds is 2. The summed E-state index contributed by atoms with van der Waals surface area (Å²) in [5.74, 6) is 0. The topological polar surface area (TPSA) is 49.6 Å². The maximum atomic E-state index is 8.82. The number of halogens is 1. The van der Waals surface area contributed by atoms with Crippen LogP contribution in [0.4, 0.5) is 0 Å². The van der Waals surface area contributed by atoms with Gasteiger partial charge in [0.25, 0.3) is 0 Å². The van der Waals surface area contributed by atoms with Gasteiger partial charge in [-0.2, -0.15) is 5.26 Å². The second-order valence-corrected chi connectivity index (χ2v) is 4.25. The van der Waals surface area contributed by atoms with E-state index in [0.717, 1.165) is 5.03 Å². The highest BCUT2D eigenvalue weighted by molar-refractivity contribution is 7.99. The molecule has 16 heavy (non-hydrogen) atoms. The van der Waals surface area contributed by atoms with Gasteiger partial charge >= 0.3 is 0 Å². The van der Waals surface area contributed by atoms with Crippen LogP contribution in [0.2, 0.25) is 5.02 Å². The fraction of sp³-hybridized carbons (Fsp3) is 0. The molecule has 0 aromatic carbocycles. The first-order chi connectivity index (χ1) is 7.81. The summed E-state index contributed by atoms with van der Waals surface area (Å²) >= 11 is 7.36. The summed E-state index contributed by atoms with van der Waals surface area (Å²) in [7, 11) is 0. The lowest BCUT2D eigenvalue weighted by Gasteiger charge is -2.02. The fourth-order valence-corrected chi connectivity index (χ4v) is 2.13. The largest absolute Gasteiger partial charge is 0.250 e. The molecule has 0 aliphatic carbocycles. The summed E-state index contributed by atoms with van der Waals surface area (Å²) in [5, 5.41) is 10.6. The molecule has 2 aromatic rings. The molecule has 0 fully saturated rings. The molecule has 0 saturated heterocycles. The van der Waals surface area contributed by atoms with E-state index in [1.807, 2.05) is 24.3 Å². The van der Waals surface area contributed by atoms with E-state index in [4.69, 9.17) is 16.9 Å². The van der Waals surface area contributed by atoms with Crippen LogP contribution in [0.3, 0.4) is 0 Å². The van der Waals surface area contributed by atoms with Gasteiger partial charge in [0.15, 0.2) is 0 Å². The maximum absolute atomic E-state index is 8.82. The molecule has 0 aliphatic heterocycles. The Morgan fingerprint density at radius 3 is 2.75 bits per heavy atom. The molecule has 0 radical (unpaired) electrons. The van der Waals surface area contributed by atoms with Crippen LogP contribution in [0.15, 0.2) is 46.7 Å². The molecule has 2 rings (SSSR count). The van der Waals surface area contributed by atoms with E-state index >= 15 is 0 Å². The minimum atomic E-state index is 0.376. The van der Waals surface area contributed by atoms with E-state index in [9.17, 15) is 0 Å². The van der Waals surface area contributed by atoms with Crippen molar-refractivity contribution in [2.24, 2.45) is 0 Å². The average molecular weight is 248 g/mol. The zero-order chi connectivity index (χ0) is 11.4. The molecular weight excluding hydrogens is 242 g/mol. The molecule has 0 N–H and O–H groups in total. The summed E-state index contributed by atoms with van der Waals surface area (Å²) in [4.78, 5) is 8.27. The van der Waals surface area contributed by atoms with E-state index in [0.29, 0.717) is 15.6 Å². The first-order valence-electron chi connectivity index (χ1n) is 4.45. The Bertz CT molecular complexity index is 537. The fourth-order valence-electron chi connectivity index (χ4n) is 1.09. The number of pyridine rings is 2. The molecule has 0 atom stereocenters. The summed E-state index contributed by atoms with van der Waals surface area (Å²) in [5.41, 5.74) is 0.426. The Labute approximate surface area is 102 Å². The Morgan fingerprint density at radius 1 is 1.19 bits per heavy atom. The van der Waals surface area contributed by atoms with Crippen LogP contribution in [-0.2, 0) is 0 Å². The van der Waals surface area contributed by atoms with Crippen molar-refractivity contribution in [3.63, 3.8) is 0 Å². The number of nitriles is 1. The standard InChI is InChI=1S/C11H6ClN3S/c12-10-8(7-13)4-6-15-11(10)16-9-3-1-2-5-14-9/h1-6H. The summed E-state index contributed by atoms with van der Waals surface area (Å²) in [6, 6.07) is 9.19. The van der Waals surface area contributed by atoms with Crippen molar-refractivity contribution in [2.45, 2.75) is 10.1 Å². The van der Waals surface area contributed by atoms with Crippen LogP contribution in [-0.4, -0.2) is 9.97 Å². The second-order valence-electron chi connectivity index (χ2n) is 2.86. The highest BCUT2D eigenvalue weighted by Gasteiger charge is 2.08. The van der Waals surface area contributed by atoms with Gasteiger partial charge < -0.3 is 0 Å². The van der Waals surface area contributed by atoms with E-state index in [1.165, 1.54) is 11.8 Å². The second kappa shape index (κ2) is 4.97. The van der Waals surface area contributed by atoms with E-state index < -0.39 is 0 Å². The molecule has 5 heteroatoms. The molecule has 2 aromatic heterocycles. The summed E-state index contributed by atoms with van der Waals surface area (Å²) in [6.45, 7) is 0. The maximum Gasteiger partial charge on any atom is 0.122 e. The van der Waals surface area contributed by atoms with Crippen molar-refractivity contribution >= 4 is 23.4 Å². The first kappa shape index (κ1) is 10.9. The Balaban J connectivity index is 2.33. The lowest BCUT2D eigenvalue weighted by atomic mass is 10.3. The highest BCUT2D eigenvalue weighted by atomic mass is 35.5. The Kier molecular flexibility index (Phi) is 3.40. The molecule has 0 saturated carbocycles. The molecule has 0 amide bonds. The van der Waals surface area contributed by atoms with Gasteiger partial charge in [0.1, 0.15) is 16.1 Å². The molecule has 0 spiro atoms. The Morgan fingerprint density at radius 2 is 2.06 bits per heavy atom. The van der Waals surface area contributed by atoms with Gasteiger partial charge in [0.05, 0.1) is 10.6 Å². The van der Waals surface area contributed by atoms with E-state index in [2.05, 4.69) is 9.97 Å². The van der Waals surface area contributed by atoms with Crippen molar-refractivity contribution < 1.29 is 0 Å². The van der Waals surface area contributed by atoms with Gasteiger partial charge in [-0.1, -0.05) is 17.7 Å². The SMILES string of the molecule is N#Cc1ccnc(Sc2ccccn2)c1Cl. The van der Waals surface area contributed by atoms with Crippen molar-refractivity contribution in [1.82, 2.24) is 9.97 Å². The molecular formula is C11H6ClN3S. The van der Waals surface area contributed by atoms with Crippen LogP contribution in [0, 0.1) is 11.3 Å². The van der Waals surface area contributed by atoms with Crippen LogP contribution < -0.4 is 0 Å². The normalized spacial score (nSPS) is 9.75. The first-order valence-corrected chi connectivity index (χ1v) is 5.64. The summed E-state index contributed by atoms with van der Waals surface area (Å²) in [6.07, 6.45) is 3.26. The van der Waals surface area contributed by atoms with Crippen molar-refractivity contribution in [1.29, 1.82) is 5.26 Å². The molecule has 2 heterocycles. The molecule has 0 bridgehead atoms. The highest BCUT2D eigenvalue weighted by Crippen LogP contribution is 2.31. The molecule has 0 unspecified atom stereocenters. The van der Waals surface area contributed by atoms with E-state index in [-0.39, 0.29) is 0 Å². The molecule has 78 valence electrons. The van der Waals surface area contributed by atoms with E-state index in [1.54, 1.807) is 18.5 Å². The lowest BCUT2D eigenvalue weighted by Crippen LogP contribution is -1.86. The van der Waals surface area contributed by atoms with Crippen molar-refractivity contribution in [3.05, 3.63) is 47.2 Å².